The van der Waals surface area contributed by atoms with Crippen LogP contribution in [0, 0.1) is 0 Å². The Morgan fingerprint density at radius 2 is 1.75 bits per heavy atom. The molecule has 0 aliphatic heterocycles. The summed E-state index contributed by atoms with van der Waals surface area (Å²) in [6.45, 7) is 0. The number of para-hydroxylation sites is 2. The zero-order chi connectivity index (χ0) is 11.1. The van der Waals surface area contributed by atoms with Crippen molar-refractivity contribution in [1.82, 2.24) is 9.97 Å². The summed E-state index contributed by atoms with van der Waals surface area (Å²) < 4.78 is 0. The second-order valence-corrected chi connectivity index (χ2v) is 3.62. The first-order valence-electron chi connectivity index (χ1n) is 4.92. The fraction of sp³-hybridized carbons (Fsp3) is 0.0833. The topological polar surface area (TPSA) is 63.1 Å². The lowest BCUT2D eigenvalue weighted by atomic mass is 10.0. The zero-order valence-corrected chi connectivity index (χ0v) is 8.29. The van der Waals surface area contributed by atoms with Crippen LogP contribution in [0.2, 0.25) is 0 Å². The minimum atomic E-state index is -1.18. The van der Waals surface area contributed by atoms with Crippen LogP contribution in [0.25, 0.3) is 17.1 Å². The van der Waals surface area contributed by atoms with Gasteiger partial charge in [-0.3, -0.25) is 4.79 Å². The van der Waals surface area contributed by atoms with Crippen molar-refractivity contribution >= 4 is 22.9 Å². The highest BCUT2D eigenvalue weighted by Crippen LogP contribution is 2.24. The molecule has 3 rings (SSSR count). The van der Waals surface area contributed by atoms with E-state index in [1.165, 1.54) is 6.08 Å². The number of hydrogen-bond acceptors (Lipinski definition) is 4. The first-order chi connectivity index (χ1) is 7.75. The zero-order valence-electron chi connectivity index (χ0n) is 8.29. The van der Waals surface area contributed by atoms with Gasteiger partial charge in [0.2, 0.25) is 0 Å². The Balaban J connectivity index is 2.33. The molecule has 0 radical (unpaired) electrons. The first kappa shape index (κ1) is 9.18. The molecule has 1 aromatic heterocycles. The standard InChI is InChI=1S/C12H8N2O2/c15-10-6-5-9-11(12(10)16)14-8-4-2-1-3-7(8)13-9/h1-6,12,16H. The molecule has 4 nitrogen and oxygen atoms in total. The fourth-order valence-electron chi connectivity index (χ4n) is 1.74. The van der Waals surface area contributed by atoms with E-state index in [2.05, 4.69) is 9.97 Å². The van der Waals surface area contributed by atoms with Crippen LogP contribution in [0.5, 0.6) is 0 Å². The van der Waals surface area contributed by atoms with Gasteiger partial charge in [-0.05, 0) is 24.3 Å². The summed E-state index contributed by atoms with van der Waals surface area (Å²) in [6, 6.07) is 7.37. The molecule has 1 heterocycles. The average molecular weight is 212 g/mol. The summed E-state index contributed by atoms with van der Waals surface area (Å²) in [4.78, 5) is 19.9. The Morgan fingerprint density at radius 1 is 1.06 bits per heavy atom. The van der Waals surface area contributed by atoms with E-state index in [1.54, 1.807) is 12.1 Å². The highest BCUT2D eigenvalue weighted by Gasteiger charge is 2.24. The van der Waals surface area contributed by atoms with Crippen molar-refractivity contribution < 1.29 is 9.90 Å². The van der Waals surface area contributed by atoms with Crippen molar-refractivity contribution in [3.63, 3.8) is 0 Å². The molecule has 16 heavy (non-hydrogen) atoms. The van der Waals surface area contributed by atoms with E-state index >= 15 is 0 Å². The van der Waals surface area contributed by atoms with Gasteiger partial charge in [-0.1, -0.05) is 12.1 Å². The number of aromatic nitrogens is 2. The van der Waals surface area contributed by atoms with Crippen molar-refractivity contribution in [3.05, 3.63) is 41.7 Å². The summed E-state index contributed by atoms with van der Waals surface area (Å²) in [5.74, 6) is -0.350. The van der Waals surface area contributed by atoms with Gasteiger partial charge >= 0.3 is 0 Å². The smallest absolute Gasteiger partial charge is 0.190 e. The number of carbonyl (C=O) groups is 1. The van der Waals surface area contributed by atoms with Crippen molar-refractivity contribution in [2.24, 2.45) is 0 Å². The van der Waals surface area contributed by atoms with Gasteiger partial charge in [0.15, 0.2) is 11.9 Å². The largest absolute Gasteiger partial charge is 0.378 e. The van der Waals surface area contributed by atoms with Gasteiger partial charge in [0.05, 0.1) is 16.7 Å². The van der Waals surface area contributed by atoms with Crippen LogP contribution >= 0.6 is 0 Å². The molecule has 0 saturated carbocycles. The van der Waals surface area contributed by atoms with Crippen molar-refractivity contribution in [2.75, 3.05) is 0 Å². The van der Waals surface area contributed by atoms with Gasteiger partial charge < -0.3 is 5.11 Å². The van der Waals surface area contributed by atoms with Gasteiger partial charge in [0, 0.05) is 0 Å². The van der Waals surface area contributed by atoms with Gasteiger partial charge in [-0.2, -0.15) is 0 Å². The molecule has 2 aromatic rings. The van der Waals surface area contributed by atoms with Crippen LogP contribution in [0.4, 0.5) is 0 Å². The fourth-order valence-corrected chi connectivity index (χ4v) is 1.74. The van der Waals surface area contributed by atoms with Gasteiger partial charge in [0.1, 0.15) is 5.69 Å². The van der Waals surface area contributed by atoms with E-state index in [-0.39, 0.29) is 5.78 Å². The minimum absolute atomic E-state index is 0.339. The van der Waals surface area contributed by atoms with E-state index in [1.807, 2.05) is 18.2 Å². The quantitative estimate of drug-likeness (QED) is 0.714. The van der Waals surface area contributed by atoms with Crippen molar-refractivity contribution in [1.29, 1.82) is 0 Å². The molecule has 1 aromatic carbocycles. The van der Waals surface area contributed by atoms with Crippen LogP contribution in [-0.2, 0) is 4.79 Å². The maximum absolute atomic E-state index is 11.3. The number of benzene rings is 1. The minimum Gasteiger partial charge on any atom is -0.378 e. The summed E-state index contributed by atoms with van der Waals surface area (Å²) >= 11 is 0. The number of ketones is 1. The molecule has 0 amide bonds. The summed E-state index contributed by atoms with van der Waals surface area (Å²) in [5.41, 5.74) is 2.34. The van der Waals surface area contributed by atoms with E-state index in [4.69, 9.17) is 0 Å². The predicted octanol–water partition coefficient (Wildman–Crippen LogP) is 1.26. The maximum atomic E-state index is 11.3. The Hall–Kier alpha value is -2.07. The normalized spacial score (nSPS) is 18.8. The molecule has 0 fully saturated rings. The Morgan fingerprint density at radius 3 is 2.50 bits per heavy atom. The number of aliphatic hydroxyl groups is 1. The molecular weight excluding hydrogens is 204 g/mol. The number of nitrogens with zero attached hydrogens (tertiary/aromatic N) is 2. The second kappa shape index (κ2) is 3.21. The number of fused-ring (bicyclic) bond motifs is 2. The lowest BCUT2D eigenvalue weighted by Crippen LogP contribution is -2.16. The number of aliphatic hydroxyl groups excluding tert-OH is 1. The molecule has 0 saturated heterocycles. The van der Waals surface area contributed by atoms with Crippen molar-refractivity contribution in [3.8, 4) is 0 Å². The van der Waals surface area contributed by atoms with Gasteiger partial charge in [-0.25, -0.2) is 9.97 Å². The summed E-state index contributed by atoms with van der Waals surface area (Å²) in [5, 5.41) is 9.69. The van der Waals surface area contributed by atoms with Gasteiger partial charge in [-0.15, -0.1) is 0 Å². The van der Waals surface area contributed by atoms with Crippen LogP contribution < -0.4 is 0 Å². The monoisotopic (exact) mass is 212 g/mol. The molecular formula is C12H8N2O2. The van der Waals surface area contributed by atoms with Gasteiger partial charge in [0.25, 0.3) is 0 Å². The highest BCUT2D eigenvalue weighted by molar-refractivity contribution is 6.00. The molecule has 1 aliphatic rings. The molecule has 1 unspecified atom stereocenters. The predicted molar refractivity (Wildman–Crippen MR) is 58.5 cm³/mol. The molecule has 1 atom stereocenters. The third kappa shape index (κ3) is 1.24. The third-order valence-corrected chi connectivity index (χ3v) is 2.56. The Kier molecular flexibility index (Phi) is 1.84. The van der Waals surface area contributed by atoms with E-state index in [0.29, 0.717) is 16.9 Å². The summed E-state index contributed by atoms with van der Waals surface area (Å²) in [6.07, 6.45) is 1.73. The molecule has 0 spiro atoms. The van der Waals surface area contributed by atoms with Crippen LogP contribution in [0.15, 0.2) is 30.3 Å². The SMILES string of the molecule is O=C1C=Cc2nc3ccccc3nc2C1O. The van der Waals surface area contributed by atoms with Crippen LogP contribution in [0.3, 0.4) is 0 Å². The number of hydrogen-bond donors (Lipinski definition) is 1. The number of carbonyl (C=O) groups excluding carboxylic acids is 1. The van der Waals surface area contributed by atoms with Crippen molar-refractivity contribution in [2.45, 2.75) is 6.10 Å². The second-order valence-electron chi connectivity index (χ2n) is 3.62. The van der Waals surface area contributed by atoms with E-state index in [9.17, 15) is 9.90 Å². The first-order valence-corrected chi connectivity index (χ1v) is 4.92. The lowest BCUT2D eigenvalue weighted by molar-refractivity contribution is -0.122. The maximum Gasteiger partial charge on any atom is 0.190 e. The van der Waals surface area contributed by atoms with E-state index in [0.717, 1.165) is 5.52 Å². The molecule has 4 heteroatoms. The lowest BCUT2D eigenvalue weighted by Gasteiger charge is -2.14. The Bertz CT molecular complexity index is 619. The molecule has 0 bridgehead atoms. The molecule has 78 valence electrons. The number of rotatable bonds is 0. The average Bonchev–Trinajstić information content (AvgIpc) is 2.32. The highest BCUT2D eigenvalue weighted by atomic mass is 16.3. The van der Waals surface area contributed by atoms with Crippen LogP contribution in [0.1, 0.15) is 17.5 Å². The summed E-state index contributed by atoms with van der Waals surface area (Å²) in [7, 11) is 0. The van der Waals surface area contributed by atoms with Crippen LogP contribution in [-0.4, -0.2) is 20.9 Å². The molecule has 1 aliphatic carbocycles. The third-order valence-electron chi connectivity index (χ3n) is 2.56. The van der Waals surface area contributed by atoms with E-state index < -0.39 is 6.10 Å². The molecule has 1 N–H and O–H groups in total. The Labute approximate surface area is 91.3 Å².